The maximum absolute atomic E-state index is 10.3. The van der Waals surface area contributed by atoms with E-state index in [0.717, 1.165) is 31.4 Å². The molecule has 112 valence electrons. The van der Waals surface area contributed by atoms with E-state index in [2.05, 4.69) is 25.8 Å². The highest BCUT2D eigenvalue weighted by atomic mass is 16.5. The van der Waals surface area contributed by atoms with Crippen molar-refractivity contribution in [3.63, 3.8) is 0 Å². The average molecular weight is 277 g/mol. The van der Waals surface area contributed by atoms with E-state index in [1.807, 2.05) is 18.2 Å². The smallest absolute Gasteiger partial charge is 0.213 e. The lowest BCUT2D eigenvalue weighted by Gasteiger charge is -2.40. The highest BCUT2D eigenvalue weighted by Crippen LogP contribution is 2.41. The number of hydrogen-bond donors (Lipinski definition) is 1. The molecule has 2 rings (SSSR count). The molecule has 1 fully saturated rings. The lowest BCUT2D eigenvalue weighted by molar-refractivity contribution is 0.0192. The first-order valence-corrected chi connectivity index (χ1v) is 7.58. The molecule has 1 aliphatic carbocycles. The van der Waals surface area contributed by atoms with Crippen LogP contribution in [0, 0.1) is 17.3 Å². The van der Waals surface area contributed by atoms with Gasteiger partial charge in [0.05, 0.1) is 13.2 Å². The molecule has 0 aromatic carbocycles. The summed E-state index contributed by atoms with van der Waals surface area (Å²) in [5.74, 6) is 1.65. The monoisotopic (exact) mass is 277 g/mol. The average Bonchev–Trinajstić information content (AvgIpc) is 2.40. The SMILES string of the molecule is COc1cccc(CC2CC(C(C)(C)C)CCC2O)n1. The van der Waals surface area contributed by atoms with Crippen molar-refractivity contribution in [2.75, 3.05) is 7.11 Å². The Morgan fingerprint density at radius 1 is 1.30 bits per heavy atom. The van der Waals surface area contributed by atoms with E-state index in [1.54, 1.807) is 7.11 Å². The maximum atomic E-state index is 10.3. The van der Waals surface area contributed by atoms with Crippen LogP contribution < -0.4 is 4.74 Å². The van der Waals surface area contributed by atoms with Crippen molar-refractivity contribution in [3.8, 4) is 5.88 Å². The van der Waals surface area contributed by atoms with Gasteiger partial charge < -0.3 is 9.84 Å². The third-order valence-corrected chi connectivity index (χ3v) is 4.63. The van der Waals surface area contributed by atoms with Crippen LogP contribution in [-0.2, 0) is 6.42 Å². The van der Waals surface area contributed by atoms with Crippen LogP contribution in [0.2, 0.25) is 0 Å². The van der Waals surface area contributed by atoms with Gasteiger partial charge >= 0.3 is 0 Å². The summed E-state index contributed by atoms with van der Waals surface area (Å²) < 4.78 is 5.17. The molecule has 1 aliphatic rings. The summed E-state index contributed by atoms with van der Waals surface area (Å²) in [7, 11) is 1.64. The molecule has 3 atom stereocenters. The fraction of sp³-hybridized carbons (Fsp3) is 0.706. The number of aliphatic hydroxyl groups is 1. The summed E-state index contributed by atoms with van der Waals surface area (Å²) in [6.07, 6.45) is 3.78. The molecule has 3 heteroatoms. The van der Waals surface area contributed by atoms with Crippen LogP contribution >= 0.6 is 0 Å². The van der Waals surface area contributed by atoms with Crippen molar-refractivity contribution in [1.29, 1.82) is 0 Å². The van der Waals surface area contributed by atoms with E-state index in [-0.39, 0.29) is 6.10 Å². The zero-order valence-electron chi connectivity index (χ0n) is 13.1. The van der Waals surface area contributed by atoms with Gasteiger partial charge in [0.1, 0.15) is 0 Å². The van der Waals surface area contributed by atoms with Crippen molar-refractivity contribution < 1.29 is 9.84 Å². The van der Waals surface area contributed by atoms with Crippen molar-refractivity contribution in [1.82, 2.24) is 4.98 Å². The molecule has 1 aromatic heterocycles. The van der Waals surface area contributed by atoms with E-state index >= 15 is 0 Å². The molecule has 1 saturated carbocycles. The van der Waals surface area contributed by atoms with Gasteiger partial charge in [0.15, 0.2) is 0 Å². The molecule has 0 amide bonds. The minimum absolute atomic E-state index is 0.193. The van der Waals surface area contributed by atoms with Crippen LogP contribution in [0.4, 0.5) is 0 Å². The summed E-state index contributed by atoms with van der Waals surface area (Å²) in [6, 6.07) is 5.85. The highest BCUT2D eigenvalue weighted by molar-refractivity contribution is 5.16. The molecule has 0 aliphatic heterocycles. The Morgan fingerprint density at radius 2 is 2.05 bits per heavy atom. The zero-order chi connectivity index (χ0) is 14.8. The molecule has 3 unspecified atom stereocenters. The van der Waals surface area contributed by atoms with E-state index in [9.17, 15) is 5.11 Å². The van der Waals surface area contributed by atoms with Gasteiger partial charge in [-0.25, -0.2) is 4.98 Å². The van der Waals surface area contributed by atoms with Crippen molar-refractivity contribution in [3.05, 3.63) is 23.9 Å². The highest BCUT2D eigenvalue weighted by Gasteiger charge is 2.35. The number of ether oxygens (including phenoxy) is 1. The Morgan fingerprint density at radius 3 is 2.70 bits per heavy atom. The first-order valence-electron chi connectivity index (χ1n) is 7.58. The first-order chi connectivity index (χ1) is 9.40. The van der Waals surface area contributed by atoms with E-state index < -0.39 is 0 Å². The van der Waals surface area contributed by atoms with Crippen LogP contribution in [-0.4, -0.2) is 23.3 Å². The summed E-state index contributed by atoms with van der Waals surface area (Å²) in [4.78, 5) is 4.47. The lowest BCUT2D eigenvalue weighted by atomic mass is 9.67. The minimum atomic E-state index is -0.193. The second-order valence-corrected chi connectivity index (χ2v) is 7.08. The van der Waals surface area contributed by atoms with Gasteiger partial charge in [0, 0.05) is 11.8 Å². The Bertz CT molecular complexity index is 439. The quantitative estimate of drug-likeness (QED) is 0.920. The van der Waals surface area contributed by atoms with Crippen LogP contribution in [0.3, 0.4) is 0 Å². The standard InChI is InChI=1S/C17H27NO2/c1-17(2,3)13-8-9-15(19)12(10-13)11-14-6-5-7-16(18-14)20-4/h5-7,12-13,15,19H,8-11H2,1-4H3. The predicted octanol–water partition coefficient (Wildman–Crippen LogP) is 3.46. The molecule has 1 N–H and O–H groups in total. The molecule has 0 saturated heterocycles. The number of nitrogens with zero attached hydrogens (tertiary/aromatic N) is 1. The molecule has 3 nitrogen and oxygen atoms in total. The first kappa shape index (κ1) is 15.3. The fourth-order valence-corrected chi connectivity index (χ4v) is 3.21. The topological polar surface area (TPSA) is 42.4 Å². The lowest BCUT2D eigenvalue weighted by Crippen LogP contribution is -2.35. The number of aromatic nitrogens is 1. The fourth-order valence-electron chi connectivity index (χ4n) is 3.21. The molecule has 0 bridgehead atoms. The Kier molecular flexibility index (Phi) is 4.69. The summed E-state index contributed by atoms with van der Waals surface area (Å²) in [6.45, 7) is 6.91. The molecular formula is C17H27NO2. The van der Waals surface area contributed by atoms with Gasteiger partial charge in [-0.2, -0.15) is 0 Å². The van der Waals surface area contributed by atoms with E-state index in [0.29, 0.717) is 23.1 Å². The summed E-state index contributed by atoms with van der Waals surface area (Å²) in [5, 5.41) is 10.3. The van der Waals surface area contributed by atoms with Crippen LogP contribution in [0.15, 0.2) is 18.2 Å². The molecule has 0 spiro atoms. The molecule has 20 heavy (non-hydrogen) atoms. The summed E-state index contributed by atoms with van der Waals surface area (Å²) in [5.41, 5.74) is 1.34. The minimum Gasteiger partial charge on any atom is -0.481 e. The van der Waals surface area contributed by atoms with Crippen LogP contribution in [0.1, 0.15) is 45.7 Å². The molecular weight excluding hydrogens is 250 g/mol. The van der Waals surface area contributed by atoms with Gasteiger partial charge in [-0.1, -0.05) is 26.8 Å². The van der Waals surface area contributed by atoms with Gasteiger partial charge in [-0.3, -0.25) is 0 Å². The third kappa shape index (κ3) is 3.72. The third-order valence-electron chi connectivity index (χ3n) is 4.63. The Hall–Kier alpha value is -1.09. The van der Waals surface area contributed by atoms with Gasteiger partial charge in [-0.05, 0) is 49.0 Å². The normalized spacial score (nSPS) is 27.4. The Labute approximate surface area is 122 Å². The second kappa shape index (κ2) is 6.13. The summed E-state index contributed by atoms with van der Waals surface area (Å²) >= 11 is 0. The van der Waals surface area contributed by atoms with E-state index in [1.165, 1.54) is 0 Å². The number of aliphatic hydroxyl groups excluding tert-OH is 1. The number of methoxy groups -OCH3 is 1. The van der Waals surface area contributed by atoms with Crippen molar-refractivity contribution >= 4 is 0 Å². The van der Waals surface area contributed by atoms with Gasteiger partial charge in [0.25, 0.3) is 0 Å². The predicted molar refractivity (Wildman–Crippen MR) is 80.8 cm³/mol. The number of pyridine rings is 1. The number of rotatable bonds is 3. The largest absolute Gasteiger partial charge is 0.481 e. The van der Waals surface area contributed by atoms with Gasteiger partial charge in [0.2, 0.25) is 5.88 Å². The van der Waals surface area contributed by atoms with Crippen LogP contribution in [0.5, 0.6) is 5.88 Å². The number of hydrogen-bond acceptors (Lipinski definition) is 3. The molecule has 0 radical (unpaired) electrons. The van der Waals surface area contributed by atoms with E-state index in [4.69, 9.17) is 4.74 Å². The zero-order valence-corrected chi connectivity index (χ0v) is 13.1. The van der Waals surface area contributed by atoms with Gasteiger partial charge in [-0.15, -0.1) is 0 Å². The second-order valence-electron chi connectivity index (χ2n) is 7.08. The van der Waals surface area contributed by atoms with Crippen LogP contribution in [0.25, 0.3) is 0 Å². The molecule has 1 aromatic rings. The maximum Gasteiger partial charge on any atom is 0.213 e. The van der Waals surface area contributed by atoms with Crippen molar-refractivity contribution in [2.24, 2.45) is 17.3 Å². The van der Waals surface area contributed by atoms with Crippen molar-refractivity contribution in [2.45, 2.75) is 52.6 Å². The Balaban J connectivity index is 2.06. The molecule has 1 heterocycles.